The molecule has 1 aromatic rings. The molecule has 0 spiro atoms. The lowest BCUT2D eigenvalue weighted by atomic mass is 10.1. The van der Waals surface area contributed by atoms with E-state index in [9.17, 15) is 4.79 Å². The first kappa shape index (κ1) is 13.0. The SMILES string of the molecule is Cc1cc(C(=O)NCCC(C)C)cc(Cl)n1. The molecule has 0 atom stereocenters. The molecule has 3 nitrogen and oxygen atoms in total. The second-order valence-corrected chi connectivity index (χ2v) is 4.65. The van der Waals surface area contributed by atoms with Crippen molar-refractivity contribution in [3.05, 3.63) is 28.5 Å². The van der Waals surface area contributed by atoms with Gasteiger partial charge in [0.15, 0.2) is 0 Å². The zero-order valence-corrected chi connectivity index (χ0v) is 10.6. The molecule has 0 saturated carbocycles. The molecule has 0 aromatic carbocycles. The topological polar surface area (TPSA) is 42.0 Å². The van der Waals surface area contributed by atoms with Gasteiger partial charge in [-0.15, -0.1) is 0 Å². The molecule has 1 aromatic heterocycles. The highest BCUT2D eigenvalue weighted by Crippen LogP contribution is 2.10. The Morgan fingerprint density at radius 2 is 2.19 bits per heavy atom. The van der Waals surface area contributed by atoms with Crippen LogP contribution in [0, 0.1) is 12.8 Å². The average Bonchev–Trinajstić information content (AvgIpc) is 2.15. The molecule has 88 valence electrons. The van der Waals surface area contributed by atoms with E-state index in [1.165, 1.54) is 0 Å². The van der Waals surface area contributed by atoms with Gasteiger partial charge in [0, 0.05) is 17.8 Å². The van der Waals surface area contributed by atoms with E-state index in [1.54, 1.807) is 12.1 Å². The molecule has 1 rings (SSSR count). The molecule has 0 fully saturated rings. The maximum atomic E-state index is 11.7. The third kappa shape index (κ3) is 4.19. The van der Waals surface area contributed by atoms with Crippen molar-refractivity contribution in [1.29, 1.82) is 0 Å². The number of carbonyl (C=O) groups excluding carboxylic acids is 1. The third-order valence-corrected chi connectivity index (χ3v) is 2.39. The molecule has 0 saturated heterocycles. The summed E-state index contributed by atoms with van der Waals surface area (Å²) in [4.78, 5) is 15.7. The van der Waals surface area contributed by atoms with Gasteiger partial charge in [0.25, 0.3) is 5.91 Å². The first-order chi connectivity index (χ1) is 7.49. The summed E-state index contributed by atoms with van der Waals surface area (Å²) >= 11 is 5.79. The Balaban J connectivity index is 2.59. The number of rotatable bonds is 4. The largest absolute Gasteiger partial charge is 0.352 e. The Hall–Kier alpha value is -1.09. The van der Waals surface area contributed by atoms with Crippen molar-refractivity contribution >= 4 is 17.5 Å². The highest BCUT2D eigenvalue weighted by molar-refractivity contribution is 6.29. The van der Waals surface area contributed by atoms with E-state index >= 15 is 0 Å². The van der Waals surface area contributed by atoms with Crippen molar-refractivity contribution in [3.8, 4) is 0 Å². The smallest absolute Gasteiger partial charge is 0.251 e. The van der Waals surface area contributed by atoms with Crippen LogP contribution in [0.4, 0.5) is 0 Å². The van der Waals surface area contributed by atoms with Gasteiger partial charge >= 0.3 is 0 Å². The van der Waals surface area contributed by atoms with Crippen LogP contribution in [0.1, 0.15) is 36.3 Å². The molecule has 0 aliphatic heterocycles. The lowest BCUT2D eigenvalue weighted by molar-refractivity contribution is 0.0952. The summed E-state index contributed by atoms with van der Waals surface area (Å²) in [6.07, 6.45) is 0.976. The predicted molar refractivity (Wildman–Crippen MR) is 65.8 cm³/mol. The fraction of sp³-hybridized carbons (Fsp3) is 0.500. The lowest BCUT2D eigenvalue weighted by Crippen LogP contribution is -2.25. The van der Waals surface area contributed by atoms with Gasteiger partial charge in [0.1, 0.15) is 5.15 Å². The summed E-state index contributed by atoms with van der Waals surface area (Å²) in [5, 5.41) is 3.21. The van der Waals surface area contributed by atoms with Crippen LogP contribution in [0.2, 0.25) is 5.15 Å². The number of hydrogen-bond acceptors (Lipinski definition) is 2. The standard InChI is InChI=1S/C12H17ClN2O/c1-8(2)4-5-14-12(16)10-6-9(3)15-11(13)7-10/h6-8H,4-5H2,1-3H3,(H,14,16). The summed E-state index contributed by atoms with van der Waals surface area (Å²) in [7, 11) is 0. The monoisotopic (exact) mass is 240 g/mol. The van der Waals surface area contributed by atoms with Crippen molar-refractivity contribution in [2.24, 2.45) is 5.92 Å². The summed E-state index contributed by atoms with van der Waals surface area (Å²) in [5.41, 5.74) is 1.32. The van der Waals surface area contributed by atoms with Gasteiger partial charge in [-0.2, -0.15) is 0 Å². The normalized spacial score (nSPS) is 10.6. The Morgan fingerprint density at radius 3 is 2.75 bits per heavy atom. The van der Waals surface area contributed by atoms with Crippen LogP contribution in [-0.2, 0) is 0 Å². The number of aryl methyl sites for hydroxylation is 1. The maximum absolute atomic E-state index is 11.7. The molecule has 1 heterocycles. The second-order valence-electron chi connectivity index (χ2n) is 4.26. The van der Waals surface area contributed by atoms with Crippen LogP contribution in [-0.4, -0.2) is 17.4 Å². The zero-order chi connectivity index (χ0) is 12.1. The molecule has 0 bridgehead atoms. The van der Waals surface area contributed by atoms with Crippen LogP contribution in [0.25, 0.3) is 0 Å². The molecule has 0 unspecified atom stereocenters. The van der Waals surface area contributed by atoms with E-state index < -0.39 is 0 Å². The van der Waals surface area contributed by atoms with Gasteiger partial charge in [-0.3, -0.25) is 4.79 Å². The lowest BCUT2D eigenvalue weighted by Gasteiger charge is -2.07. The Morgan fingerprint density at radius 1 is 1.50 bits per heavy atom. The molecule has 0 radical (unpaired) electrons. The number of aromatic nitrogens is 1. The van der Waals surface area contributed by atoms with Gasteiger partial charge in [-0.25, -0.2) is 4.98 Å². The summed E-state index contributed by atoms with van der Waals surface area (Å²) < 4.78 is 0. The van der Waals surface area contributed by atoms with Gasteiger partial charge in [-0.1, -0.05) is 25.4 Å². The van der Waals surface area contributed by atoms with Gasteiger partial charge in [-0.05, 0) is 31.4 Å². The molecule has 1 N–H and O–H groups in total. The molecule has 1 amide bonds. The Bertz CT molecular complexity index is 357. The summed E-state index contributed by atoms with van der Waals surface area (Å²) in [6, 6.07) is 3.32. The number of nitrogens with zero attached hydrogens (tertiary/aromatic N) is 1. The predicted octanol–water partition coefficient (Wildman–Crippen LogP) is 2.82. The average molecular weight is 241 g/mol. The number of hydrogen-bond donors (Lipinski definition) is 1. The fourth-order valence-electron chi connectivity index (χ4n) is 1.34. The molecule has 0 aliphatic rings. The van der Waals surface area contributed by atoms with E-state index in [0.717, 1.165) is 12.1 Å². The van der Waals surface area contributed by atoms with Gasteiger partial charge < -0.3 is 5.32 Å². The third-order valence-electron chi connectivity index (χ3n) is 2.19. The number of halogens is 1. The summed E-state index contributed by atoms with van der Waals surface area (Å²) in [5.74, 6) is 0.496. The first-order valence-corrected chi connectivity index (χ1v) is 5.79. The minimum absolute atomic E-state index is 0.0898. The van der Waals surface area contributed by atoms with Crippen LogP contribution in [0.5, 0.6) is 0 Å². The van der Waals surface area contributed by atoms with E-state index in [2.05, 4.69) is 24.1 Å². The number of nitrogens with one attached hydrogen (secondary N) is 1. The van der Waals surface area contributed by atoms with E-state index in [4.69, 9.17) is 11.6 Å². The zero-order valence-electron chi connectivity index (χ0n) is 9.88. The number of carbonyl (C=O) groups is 1. The Kier molecular flexibility index (Phi) is 4.74. The van der Waals surface area contributed by atoms with Crippen LogP contribution in [0.3, 0.4) is 0 Å². The minimum Gasteiger partial charge on any atom is -0.352 e. The maximum Gasteiger partial charge on any atom is 0.251 e. The fourth-order valence-corrected chi connectivity index (χ4v) is 1.59. The highest BCUT2D eigenvalue weighted by Gasteiger charge is 2.07. The van der Waals surface area contributed by atoms with Crippen LogP contribution < -0.4 is 5.32 Å². The van der Waals surface area contributed by atoms with Gasteiger partial charge in [0.2, 0.25) is 0 Å². The van der Waals surface area contributed by atoms with Crippen molar-refractivity contribution in [1.82, 2.24) is 10.3 Å². The van der Waals surface area contributed by atoms with Crippen molar-refractivity contribution in [3.63, 3.8) is 0 Å². The van der Waals surface area contributed by atoms with Gasteiger partial charge in [0.05, 0.1) is 0 Å². The first-order valence-electron chi connectivity index (χ1n) is 5.41. The minimum atomic E-state index is -0.0898. The highest BCUT2D eigenvalue weighted by atomic mass is 35.5. The van der Waals surface area contributed by atoms with Crippen LogP contribution >= 0.6 is 11.6 Å². The van der Waals surface area contributed by atoms with E-state index in [1.807, 2.05) is 6.92 Å². The quantitative estimate of drug-likeness (QED) is 0.823. The van der Waals surface area contributed by atoms with E-state index in [0.29, 0.717) is 23.2 Å². The molecular weight excluding hydrogens is 224 g/mol. The Labute approximate surface area is 101 Å². The molecule has 0 aliphatic carbocycles. The molecule has 4 heteroatoms. The van der Waals surface area contributed by atoms with Crippen LogP contribution in [0.15, 0.2) is 12.1 Å². The second kappa shape index (κ2) is 5.85. The van der Waals surface area contributed by atoms with Crippen molar-refractivity contribution < 1.29 is 4.79 Å². The molecular formula is C12H17ClN2O. The summed E-state index contributed by atoms with van der Waals surface area (Å²) in [6.45, 7) is 6.76. The number of amides is 1. The van der Waals surface area contributed by atoms with E-state index in [-0.39, 0.29) is 5.91 Å². The number of pyridine rings is 1. The molecule has 16 heavy (non-hydrogen) atoms. The van der Waals surface area contributed by atoms with Crippen molar-refractivity contribution in [2.75, 3.05) is 6.54 Å². The van der Waals surface area contributed by atoms with Crippen molar-refractivity contribution in [2.45, 2.75) is 27.2 Å².